The largest absolute Gasteiger partial charge is 0.466 e. The molecule has 2 nitrogen and oxygen atoms in total. The Morgan fingerprint density at radius 2 is 1.36 bits per heavy atom. The van der Waals surface area contributed by atoms with Crippen LogP contribution in [0.15, 0.2) is 36.5 Å². The second kappa shape index (κ2) is 17.7. The van der Waals surface area contributed by atoms with Crippen molar-refractivity contribution in [3.05, 3.63) is 36.5 Å². The van der Waals surface area contributed by atoms with Crippen molar-refractivity contribution < 1.29 is 9.53 Å². The number of unbranched alkanes of at least 4 members (excludes halogenated alkanes) is 5. The number of hydrogen-bond donors (Lipinski definition) is 0. The van der Waals surface area contributed by atoms with Crippen LogP contribution in [-0.4, -0.2) is 12.6 Å². The monoisotopic (exact) mass is 306 g/mol. The zero-order valence-corrected chi connectivity index (χ0v) is 14.6. The molecule has 0 atom stereocenters. The van der Waals surface area contributed by atoms with Crippen LogP contribution < -0.4 is 0 Å². The van der Waals surface area contributed by atoms with E-state index in [9.17, 15) is 4.79 Å². The minimum absolute atomic E-state index is 0.0567. The fraction of sp³-hybridized carbons (Fsp3) is 0.650. The Bertz CT molecular complexity index is 327. The maximum Gasteiger partial charge on any atom is 0.305 e. The lowest BCUT2D eigenvalue weighted by Gasteiger charge is -2.01. The molecule has 0 aliphatic heterocycles. The molecule has 0 saturated carbocycles. The van der Waals surface area contributed by atoms with E-state index in [-0.39, 0.29) is 5.97 Å². The number of rotatable bonds is 14. The van der Waals surface area contributed by atoms with Crippen LogP contribution in [0.5, 0.6) is 0 Å². The molecular formula is C20H34O2. The van der Waals surface area contributed by atoms with Crippen LogP contribution in [0.4, 0.5) is 0 Å². The second-order valence-corrected chi connectivity index (χ2v) is 5.43. The van der Waals surface area contributed by atoms with Crippen LogP contribution in [0.1, 0.15) is 78.1 Å². The highest BCUT2D eigenvalue weighted by Gasteiger charge is 1.99. The summed E-state index contributed by atoms with van der Waals surface area (Å²) in [5, 5.41) is 0. The molecule has 0 spiro atoms. The van der Waals surface area contributed by atoms with Crippen molar-refractivity contribution in [3.8, 4) is 0 Å². The number of allylic oxidation sites excluding steroid dienone is 6. The Morgan fingerprint density at radius 3 is 2.00 bits per heavy atom. The van der Waals surface area contributed by atoms with Gasteiger partial charge in [0.05, 0.1) is 6.61 Å². The molecule has 0 heterocycles. The first-order chi connectivity index (χ1) is 10.8. The van der Waals surface area contributed by atoms with Gasteiger partial charge in [-0.3, -0.25) is 4.79 Å². The summed E-state index contributed by atoms with van der Waals surface area (Å²) in [6.07, 6.45) is 24.1. The smallest absolute Gasteiger partial charge is 0.305 e. The molecule has 0 amide bonds. The lowest BCUT2D eigenvalue weighted by atomic mass is 10.1. The molecule has 0 fully saturated rings. The molecule has 0 bridgehead atoms. The van der Waals surface area contributed by atoms with Crippen molar-refractivity contribution in [1.82, 2.24) is 0 Å². The zero-order valence-electron chi connectivity index (χ0n) is 14.6. The molecule has 0 aromatic heterocycles. The fourth-order valence-electron chi connectivity index (χ4n) is 2.06. The Hall–Kier alpha value is -1.31. The van der Waals surface area contributed by atoms with Gasteiger partial charge in [0.25, 0.3) is 0 Å². The predicted molar refractivity (Wildman–Crippen MR) is 95.9 cm³/mol. The summed E-state index contributed by atoms with van der Waals surface area (Å²) < 4.78 is 4.90. The van der Waals surface area contributed by atoms with E-state index in [0.29, 0.717) is 13.0 Å². The SMILES string of the molecule is CCC/C=C\C/C=C\C/C=C\CCCCCCC(=O)OCC. The molecule has 0 radical (unpaired) electrons. The van der Waals surface area contributed by atoms with Gasteiger partial charge in [-0.1, -0.05) is 62.6 Å². The highest BCUT2D eigenvalue weighted by Crippen LogP contribution is 2.07. The van der Waals surface area contributed by atoms with E-state index in [1.54, 1.807) is 0 Å². The molecular weight excluding hydrogens is 272 g/mol. The van der Waals surface area contributed by atoms with Crippen LogP contribution >= 0.6 is 0 Å². The first-order valence-corrected chi connectivity index (χ1v) is 8.91. The summed E-state index contributed by atoms with van der Waals surface area (Å²) in [5.74, 6) is -0.0567. The van der Waals surface area contributed by atoms with Gasteiger partial charge in [0.1, 0.15) is 0 Å². The average Bonchev–Trinajstić information content (AvgIpc) is 2.51. The van der Waals surface area contributed by atoms with Crippen molar-refractivity contribution in [3.63, 3.8) is 0 Å². The lowest BCUT2D eigenvalue weighted by molar-refractivity contribution is -0.143. The molecule has 126 valence electrons. The maximum absolute atomic E-state index is 11.1. The molecule has 0 aromatic rings. The van der Waals surface area contributed by atoms with Crippen LogP contribution in [0.3, 0.4) is 0 Å². The summed E-state index contributed by atoms with van der Waals surface area (Å²) in [7, 11) is 0. The highest BCUT2D eigenvalue weighted by molar-refractivity contribution is 5.69. The lowest BCUT2D eigenvalue weighted by Crippen LogP contribution is -2.02. The summed E-state index contributed by atoms with van der Waals surface area (Å²) in [4.78, 5) is 11.1. The minimum atomic E-state index is -0.0567. The molecule has 0 saturated heterocycles. The quantitative estimate of drug-likeness (QED) is 0.219. The summed E-state index contributed by atoms with van der Waals surface area (Å²) in [6, 6.07) is 0. The molecule has 0 rings (SSSR count). The van der Waals surface area contributed by atoms with Gasteiger partial charge in [-0.05, 0) is 45.4 Å². The van der Waals surface area contributed by atoms with E-state index in [1.807, 2.05) is 6.92 Å². The van der Waals surface area contributed by atoms with Gasteiger partial charge in [0.2, 0.25) is 0 Å². The standard InChI is InChI=1S/C20H34O2/c1-3-5-6-7-8-9-10-11-12-13-14-15-16-17-18-19-20(21)22-4-2/h6-7,9-10,12-13H,3-5,8,11,14-19H2,1-2H3/b7-6-,10-9-,13-12-. The topological polar surface area (TPSA) is 26.3 Å². The number of esters is 1. The van der Waals surface area contributed by atoms with E-state index in [4.69, 9.17) is 4.74 Å². The molecule has 0 aliphatic carbocycles. The summed E-state index contributed by atoms with van der Waals surface area (Å²) in [6.45, 7) is 4.54. The highest BCUT2D eigenvalue weighted by atomic mass is 16.5. The van der Waals surface area contributed by atoms with Crippen molar-refractivity contribution >= 4 is 5.97 Å². The molecule has 0 aromatic carbocycles. The Kier molecular flexibility index (Phi) is 16.7. The van der Waals surface area contributed by atoms with Gasteiger partial charge in [-0.2, -0.15) is 0 Å². The number of hydrogen-bond acceptors (Lipinski definition) is 2. The summed E-state index contributed by atoms with van der Waals surface area (Å²) >= 11 is 0. The van der Waals surface area contributed by atoms with Crippen molar-refractivity contribution in [2.75, 3.05) is 6.61 Å². The third-order valence-electron chi connectivity index (χ3n) is 3.31. The van der Waals surface area contributed by atoms with Gasteiger partial charge in [0.15, 0.2) is 0 Å². The average molecular weight is 306 g/mol. The Morgan fingerprint density at radius 1 is 0.773 bits per heavy atom. The minimum Gasteiger partial charge on any atom is -0.466 e. The maximum atomic E-state index is 11.1. The second-order valence-electron chi connectivity index (χ2n) is 5.43. The molecule has 0 unspecified atom stereocenters. The van der Waals surface area contributed by atoms with Crippen LogP contribution in [0.2, 0.25) is 0 Å². The number of carbonyl (C=O) groups excluding carboxylic acids is 1. The van der Waals surface area contributed by atoms with Crippen LogP contribution in [0.25, 0.3) is 0 Å². The third-order valence-corrected chi connectivity index (χ3v) is 3.31. The van der Waals surface area contributed by atoms with E-state index in [1.165, 1.54) is 25.7 Å². The molecule has 0 aliphatic rings. The van der Waals surface area contributed by atoms with Crippen molar-refractivity contribution in [2.45, 2.75) is 78.1 Å². The van der Waals surface area contributed by atoms with Gasteiger partial charge >= 0.3 is 5.97 Å². The van der Waals surface area contributed by atoms with Gasteiger partial charge in [0, 0.05) is 6.42 Å². The first-order valence-electron chi connectivity index (χ1n) is 8.91. The van der Waals surface area contributed by atoms with E-state index >= 15 is 0 Å². The van der Waals surface area contributed by atoms with Gasteiger partial charge in [-0.25, -0.2) is 0 Å². The summed E-state index contributed by atoms with van der Waals surface area (Å²) in [5.41, 5.74) is 0. The normalized spacial score (nSPS) is 11.9. The molecule has 2 heteroatoms. The zero-order chi connectivity index (χ0) is 16.3. The van der Waals surface area contributed by atoms with E-state index < -0.39 is 0 Å². The Balaban J connectivity index is 3.30. The van der Waals surface area contributed by atoms with Gasteiger partial charge < -0.3 is 4.74 Å². The van der Waals surface area contributed by atoms with Crippen molar-refractivity contribution in [2.24, 2.45) is 0 Å². The number of carbonyl (C=O) groups is 1. The van der Waals surface area contributed by atoms with Gasteiger partial charge in [-0.15, -0.1) is 0 Å². The molecule has 0 N–H and O–H groups in total. The fourth-order valence-corrected chi connectivity index (χ4v) is 2.06. The van der Waals surface area contributed by atoms with Crippen LogP contribution in [-0.2, 0) is 9.53 Å². The van der Waals surface area contributed by atoms with E-state index in [0.717, 1.165) is 32.1 Å². The van der Waals surface area contributed by atoms with Crippen LogP contribution in [0, 0.1) is 0 Å². The predicted octanol–water partition coefficient (Wildman–Crippen LogP) is 6.14. The van der Waals surface area contributed by atoms with E-state index in [2.05, 4.69) is 43.4 Å². The molecule has 22 heavy (non-hydrogen) atoms. The number of ether oxygens (including phenoxy) is 1. The third kappa shape index (κ3) is 16.7. The van der Waals surface area contributed by atoms with Crippen molar-refractivity contribution in [1.29, 1.82) is 0 Å². The first kappa shape index (κ1) is 20.7. The Labute approximate surface area is 137 Å².